The van der Waals surface area contributed by atoms with E-state index in [1.54, 1.807) is 10.4 Å². The van der Waals surface area contributed by atoms with Crippen molar-refractivity contribution in [3.63, 3.8) is 0 Å². The molecule has 17 heavy (non-hydrogen) atoms. The van der Waals surface area contributed by atoms with Crippen LogP contribution in [-0.2, 0) is 19.4 Å². The molecule has 0 fully saturated rings. The van der Waals surface area contributed by atoms with Gasteiger partial charge in [-0.2, -0.15) is 0 Å². The minimum absolute atomic E-state index is 0.341. The van der Waals surface area contributed by atoms with E-state index in [0.717, 1.165) is 25.9 Å². The Hall–Kier alpha value is -0.380. The molecule has 2 rings (SSSR count). The highest BCUT2D eigenvalue weighted by Gasteiger charge is 2.14. The second-order valence-corrected chi connectivity index (χ2v) is 6.05. The molecule has 0 saturated heterocycles. The molecule has 96 valence electrons. The highest BCUT2D eigenvalue weighted by molar-refractivity contribution is 7.12. The van der Waals surface area contributed by atoms with Crippen LogP contribution in [0.15, 0.2) is 6.07 Å². The van der Waals surface area contributed by atoms with Gasteiger partial charge < -0.3 is 10.4 Å². The summed E-state index contributed by atoms with van der Waals surface area (Å²) in [6.45, 7) is 2.49. The van der Waals surface area contributed by atoms with Crippen molar-refractivity contribution in [3.8, 4) is 0 Å². The molecular weight excluding hydrogens is 230 g/mol. The van der Waals surface area contributed by atoms with Crippen molar-refractivity contribution in [2.45, 2.75) is 51.5 Å². The Morgan fingerprint density at radius 1 is 1.18 bits per heavy atom. The maximum atomic E-state index is 8.66. The van der Waals surface area contributed by atoms with Gasteiger partial charge in [-0.3, -0.25) is 0 Å². The zero-order chi connectivity index (χ0) is 11.9. The van der Waals surface area contributed by atoms with Gasteiger partial charge in [0, 0.05) is 22.9 Å². The highest BCUT2D eigenvalue weighted by atomic mass is 32.1. The minimum atomic E-state index is 0.341. The molecule has 2 N–H and O–H groups in total. The lowest BCUT2D eigenvalue weighted by Gasteiger charge is -2.02. The molecule has 1 aliphatic rings. The van der Waals surface area contributed by atoms with Crippen LogP contribution in [0.3, 0.4) is 0 Å². The fourth-order valence-electron chi connectivity index (χ4n) is 2.40. The molecule has 0 spiro atoms. The Morgan fingerprint density at radius 3 is 2.88 bits per heavy atom. The third-order valence-electron chi connectivity index (χ3n) is 3.36. The first-order chi connectivity index (χ1) is 8.40. The first-order valence-electron chi connectivity index (χ1n) is 6.82. The Balaban J connectivity index is 1.55. The van der Waals surface area contributed by atoms with Crippen LogP contribution in [0.25, 0.3) is 0 Å². The standard InChI is InChI=1S/C14H23NOS/c16-9-4-2-1-3-8-15-11-13-10-12-6-5-7-14(12)17-13/h10,15-16H,1-9,11H2. The third-order valence-corrected chi connectivity index (χ3v) is 4.60. The first kappa shape index (κ1) is 13.1. The molecule has 0 aromatic carbocycles. The van der Waals surface area contributed by atoms with Gasteiger partial charge in [0.25, 0.3) is 0 Å². The number of thiophene rings is 1. The van der Waals surface area contributed by atoms with Gasteiger partial charge in [0.05, 0.1) is 0 Å². The fraction of sp³-hybridized carbons (Fsp3) is 0.714. The third kappa shape index (κ3) is 4.09. The lowest BCUT2D eigenvalue weighted by atomic mass is 10.2. The number of nitrogens with one attached hydrogen (secondary N) is 1. The second kappa shape index (κ2) is 7.14. The summed E-state index contributed by atoms with van der Waals surface area (Å²) in [7, 11) is 0. The molecule has 0 saturated carbocycles. The van der Waals surface area contributed by atoms with Gasteiger partial charge in [0.15, 0.2) is 0 Å². The van der Waals surface area contributed by atoms with Crippen LogP contribution in [0.2, 0.25) is 0 Å². The maximum absolute atomic E-state index is 8.66. The maximum Gasteiger partial charge on any atom is 0.0431 e. The zero-order valence-electron chi connectivity index (χ0n) is 10.5. The van der Waals surface area contributed by atoms with Gasteiger partial charge in [-0.05, 0) is 50.3 Å². The molecule has 0 unspecified atom stereocenters. The average molecular weight is 253 g/mol. The number of hydrogen-bond acceptors (Lipinski definition) is 3. The Labute approximate surface area is 108 Å². The summed E-state index contributed by atoms with van der Waals surface area (Å²) in [5.74, 6) is 0. The van der Waals surface area contributed by atoms with Crippen LogP contribution in [0.4, 0.5) is 0 Å². The van der Waals surface area contributed by atoms with Crippen molar-refractivity contribution in [3.05, 3.63) is 21.4 Å². The van der Waals surface area contributed by atoms with Crippen molar-refractivity contribution < 1.29 is 5.11 Å². The van der Waals surface area contributed by atoms with Gasteiger partial charge in [0.1, 0.15) is 0 Å². The van der Waals surface area contributed by atoms with E-state index in [0.29, 0.717) is 6.61 Å². The quantitative estimate of drug-likeness (QED) is 0.698. The van der Waals surface area contributed by atoms with E-state index in [-0.39, 0.29) is 0 Å². The van der Waals surface area contributed by atoms with Crippen molar-refractivity contribution in [2.75, 3.05) is 13.2 Å². The lowest BCUT2D eigenvalue weighted by Crippen LogP contribution is -2.13. The Morgan fingerprint density at radius 2 is 2.06 bits per heavy atom. The van der Waals surface area contributed by atoms with Crippen LogP contribution < -0.4 is 5.32 Å². The summed E-state index contributed by atoms with van der Waals surface area (Å²) in [5, 5.41) is 12.2. The number of aliphatic hydroxyl groups excluding tert-OH is 1. The van der Waals surface area contributed by atoms with Gasteiger partial charge in [-0.15, -0.1) is 11.3 Å². The largest absolute Gasteiger partial charge is 0.396 e. The summed E-state index contributed by atoms with van der Waals surface area (Å²) in [6, 6.07) is 2.39. The molecule has 0 amide bonds. The summed E-state index contributed by atoms with van der Waals surface area (Å²) in [5.41, 5.74) is 1.61. The van der Waals surface area contributed by atoms with Gasteiger partial charge in [-0.25, -0.2) is 0 Å². The van der Waals surface area contributed by atoms with Crippen molar-refractivity contribution in [1.29, 1.82) is 0 Å². The van der Waals surface area contributed by atoms with Crippen LogP contribution in [0.5, 0.6) is 0 Å². The van der Waals surface area contributed by atoms with E-state index in [4.69, 9.17) is 5.11 Å². The van der Waals surface area contributed by atoms with E-state index < -0.39 is 0 Å². The van der Waals surface area contributed by atoms with Crippen LogP contribution >= 0.6 is 11.3 Å². The highest BCUT2D eigenvalue weighted by Crippen LogP contribution is 2.30. The normalized spacial score (nSPS) is 14.2. The van der Waals surface area contributed by atoms with Crippen LogP contribution in [0, 0.1) is 0 Å². The smallest absolute Gasteiger partial charge is 0.0431 e. The molecule has 0 bridgehead atoms. The molecule has 2 nitrogen and oxygen atoms in total. The molecule has 1 aromatic heterocycles. The number of fused-ring (bicyclic) bond motifs is 1. The van der Waals surface area contributed by atoms with Gasteiger partial charge >= 0.3 is 0 Å². The average Bonchev–Trinajstić information content (AvgIpc) is 2.88. The molecule has 1 aromatic rings. The van der Waals surface area contributed by atoms with Crippen LogP contribution in [0.1, 0.15) is 47.4 Å². The minimum Gasteiger partial charge on any atom is -0.396 e. The van der Waals surface area contributed by atoms with E-state index in [9.17, 15) is 0 Å². The Kier molecular flexibility index (Phi) is 5.49. The van der Waals surface area contributed by atoms with E-state index in [1.807, 2.05) is 11.3 Å². The summed E-state index contributed by atoms with van der Waals surface area (Å²) in [6.07, 6.45) is 8.54. The number of rotatable bonds is 8. The van der Waals surface area contributed by atoms with E-state index in [2.05, 4.69) is 11.4 Å². The molecule has 3 heteroatoms. The first-order valence-corrected chi connectivity index (χ1v) is 7.64. The predicted octanol–water partition coefficient (Wildman–Crippen LogP) is 2.88. The van der Waals surface area contributed by atoms with Gasteiger partial charge in [-0.1, -0.05) is 12.8 Å². The molecule has 1 heterocycles. The molecule has 0 atom stereocenters. The number of unbranched alkanes of at least 4 members (excludes halogenated alkanes) is 3. The Bertz CT molecular complexity index is 313. The lowest BCUT2D eigenvalue weighted by molar-refractivity contribution is 0.282. The molecule has 1 aliphatic carbocycles. The fourth-order valence-corrected chi connectivity index (χ4v) is 3.64. The second-order valence-electron chi connectivity index (χ2n) is 4.83. The van der Waals surface area contributed by atoms with Crippen LogP contribution in [-0.4, -0.2) is 18.3 Å². The topological polar surface area (TPSA) is 32.3 Å². The zero-order valence-corrected chi connectivity index (χ0v) is 11.3. The predicted molar refractivity (Wildman–Crippen MR) is 73.6 cm³/mol. The van der Waals surface area contributed by atoms with Gasteiger partial charge in [0.2, 0.25) is 0 Å². The number of aliphatic hydroxyl groups is 1. The van der Waals surface area contributed by atoms with E-state index in [1.165, 1.54) is 37.0 Å². The molecule has 0 radical (unpaired) electrons. The summed E-state index contributed by atoms with van der Waals surface area (Å²) < 4.78 is 0. The van der Waals surface area contributed by atoms with E-state index >= 15 is 0 Å². The summed E-state index contributed by atoms with van der Waals surface area (Å²) in [4.78, 5) is 3.13. The SMILES string of the molecule is OCCCCCCNCc1cc2c(s1)CCC2. The summed E-state index contributed by atoms with van der Waals surface area (Å²) >= 11 is 2.00. The van der Waals surface area contributed by atoms with Crippen molar-refractivity contribution in [1.82, 2.24) is 5.32 Å². The molecule has 0 aliphatic heterocycles. The number of hydrogen-bond donors (Lipinski definition) is 2. The monoisotopic (exact) mass is 253 g/mol. The molecular formula is C14H23NOS. The van der Waals surface area contributed by atoms with Crippen molar-refractivity contribution >= 4 is 11.3 Å². The van der Waals surface area contributed by atoms with Crippen molar-refractivity contribution in [2.24, 2.45) is 0 Å². The number of aryl methyl sites for hydroxylation is 2.